The first-order chi connectivity index (χ1) is 9.46. The van der Waals surface area contributed by atoms with E-state index in [1.807, 2.05) is 13.8 Å². The summed E-state index contributed by atoms with van der Waals surface area (Å²) in [4.78, 5) is 14.3. The Morgan fingerprint density at radius 3 is 2.45 bits per heavy atom. The van der Waals surface area contributed by atoms with Crippen LogP contribution in [0.4, 0.5) is 5.69 Å². The fourth-order valence-corrected chi connectivity index (χ4v) is 2.63. The van der Waals surface area contributed by atoms with E-state index in [0.717, 1.165) is 12.8 Å². The molecule has 0 aromatic heterocycles. The number of hydrogen-bond donors (Lipinski definition) is 2. The monoisotopic (exact) mass is 318 g/mol. The maximum absolute atomic E-state index is 12.6. The molecule has 0 unspecified atom stereocenters. The van der Waals surface area contributed by atoms with Crippen molar-refractivity contribution in [1.29, 1.82) is 0 Å². The van der Waals surface area contributed by atoms with Crippen molar-refractivity contribution in [3.8, 4) is 0 Å². The lowest BCUT2D eigenvalue weighted by molar-refractivity contribution is 0.0622. The number of nitrogens with two attached hydrogens (primary N) is 1. The summed E-state index contributed by atoms with van der Waals surface area (Å²) < 4.78 is 0. The Morgan fingerprint density at radius 1 is 1.35 bits per heavy atom. The lowest BCUT2D eigenvalue weighted by Crippen LogP contribution is -2.41. The number of amides is 1. The number of benzene rings is 1. The highest BCUT2D eigenvalue weighted by Gasteiger charge is 2.24. The van der Waals surface area contributed by atoms with Crippen LogP contribution in [0.15, 0.2) is 12.1 Å². The molecule has 0 aliphatic carbocycles. The highest BCUT2D eigenvalue weighted by molar-refractivity contribution is 6.44. The van der Waals surface area contributed by atoms with Crippen LogP contribution in [0.5, 0.6) is 0 Å². The average Bonchev–Trinajstić information content (AvgIpc) is 2.42. The molecule has 0 fully saturated rings. The molecule has 1 aromatic rings. The number of nitrogens with zero attached hydrogens (tertiary/aromatic N) is 1. The van der Waals surface area contributed by atoms with Crippen LogP contribution >= 0.6 is 23.2 Å². The number of rotatable bonds is 6. The van der Waals surface area contributed by atoms with Crippen molar-refractivity contribution in [2.24, 2.45) is 0 Å². The van der Waals surface area contributed by atoms with Crippen molar-refractivity contribution in [3.05, 3.63) is 27.7 Å². The third kappa shape index (κ3) is 3.78. The molecule has 20 heavy (non-hydrogen) atoms. The Hall–Kier alpha value is -0.970. The summed E-state index contributed by atoms with van der Waals surface area (Å²) in [6, 6.07) is 3.07. The Balaban J connectivity index is 3.18. The predicted molar refractivity (Wildman–Crippen MR) is 83.4 cm³/mol. The predicted octanol–water partition coefficient (Wildman–Crippen LogP) is 3.20. The Kier molecular flexibility index (Phi) is 6.59. The number of carbonyl (C=O) groups excluding carboxylic acids is 1. The Bertz CT molecular complexity index is 476. The molecule has 0 radical (unpaired) electrons. The summed E-state index contributed by atoms with van der Waals surface area (Å²) in [5.41, 5.74) is 6.38. The number of hydrogen-bond acceptors (Lipinski definition) is 3. The fourth-order valence-electron chi connectivity index (χ4n) is 2.21. The zero-order valence-electron chi connectivity index (χ0n) is 11.7. The fraction of sp³-hybridized carbons (Fsp3) is 0.500. The molecule has 4 nitrogen and oxygen atoms in total. The summed E-state index contributed by atoms with van der Waals surface area (Å²) in [5.74, 6) is -0.257. The SMILES string of the molecule is CCC(CC)N(CCO)C(=O)c1cc(N)cc(Cl)c1Cl. The molecule has 112 valence electrons. The van der Waals surface area contributed by atoms with E-state index < -0.39 is 0 Å². The van der Waals surface area contributed by atoms with Crippen LogP contribution in [0.2, 0.25) is 10.0 Å². The standard InChI is InChI=1S/C14H20Cl2N2O2/c1-3-10(4-2)18(5-6-19)14(20)11-7-9(17)8-12(15)13(11)16/h7-8,10,19H,3-6,17H2,1-2H3. The molecule has 0 spiro atoms. The molecule has 0 atom stereocenters. The van der Waals surface area contributed by atoms with Gasteiger partial charge in [0, 0.05) is 18.3 Å². The molecule has 3 N–H and O–H groups in total. The number of halogens is 2. The normalized spacial score (nSPS) is 10.9. The molecule has 0 saturated heterocycles. The van der Waals surface area contributed by atoms with Gasteiger partial charge in [-0.3, -0.25) is 4.79 Å². The van der Waals surface area contributed by atoms with Crippen molar-refractivity contribution in [1.82, 2.24) is 4.90 Å². The number of nitrogen functional groups attached to an aromatic ring is 1. The Labute approximate surface area is 129 Å². The van der Waals surface area contributed by atoms with Crippen LogP contribution in [0, 0.1) is 0 Å². The lowest BCUT2D eigenvalue weighted by Gasteiger charge is -2.30. The van der Waals surface area contributed by atoms with Gasteiger partial charge in [-0.15, -0.1) is 0 Å². The largest absolute Gasteiger partial charge is 0.399 e. The molecule has 1 aromatic carbocycles. The topological polar surface area (TPSA) is 66.6 Å². The summed E-state index contributed by atoms with van der Waals surface area (Å²) >= 11 is 12.1. The maximum atomic E-state index is 12.6. The molecule has 6 heteroatoms. The van der Waals surface area contributed by atoms with Gasteiger partial charge in [0.05, 0.1) is 22.2 Å². The second kappa shape index (κ2) is 7.72. The highest BCUT2D eigenvalue weighted by atomic mass is 35.5. The molecule has 0 heterocycles. The van der Waals surface area contributed by atoms with Gasteiger partial charge in [-0.25, -0.2) is 0 Å². The van der Waals surface area contributed by atoms with Crippen molar-refractivity contribution in [2.75, 3.05) is 18.9 Å². The molecular formula is C14H20Cl2N2O2. The Morgan fingerprint density at radius 2 is 1.95 bits per heavy atom. The molecule has 0 aliphatic heterocycles. The summed E-state index contributed by atoms with van der Waals surface area (Å²) in [6.45, 7) is 4.16. The van der Waals surface area contributed by atoms with Gasteiger partial charge in [0.15, 0.2) is 0 Å². The van der Waals surface area contributed by atoms with Crippen molar-refractivity contribution < 1.29 is 9.90 Å². The van der Waals surface area contributed by atoms with E-state index >= 15 is 0 Å². The number of aliphatic hydroxyl groups is 1. The lowest BCUT2D eigenvalue weighted by atomic mass is 10.1. The van der Waals surface area contributed by atoms with Crippen LogP contribution in [0.1, 0.15) is 37.0 Å². The van der Waals surface area contributed by atoms with Crippen LogP contribution < -0.4 is 5.73 Å². The van der Waals surface area contributed by atoms with Gasteiger partial charge < -0.3 is 15.7 Å². The van der Waals surface area contributed by atoms with Gasteiger partial charge in [-0.2, -0.15) is 0 Å². The van der Waals surface area contributed by atoms with Crippen LogP contribution in [-0.4, -0.2) is 35.1 Å². The number of aliphatic hydroxyl groups excluding tert-OH is 1. The van der Waals surface area contributed by atoms with E-state index in [1.54, 1.807) is 4.90 Å². The third-order valence-corrected chi connectivity index (χ3v) is 4.07. The van der Waals surface area contributed by atoms with E-state index in [2.05, 4.69) is 0 Å². The number of anilines is 1. The van der Waals surface area contributed by atoms with Gasteiger partial charge >= 0.3 is 0 Å². The van der Waals surface area contributed by atoms with E-state index in [1.165, 1.54) is 12.1 Å². The highest BCUT2D eigenvalue weighted by Crippen LogP contribution is 2.30. The van der Waals surface area contributed by atoms with E-state index in [0.29, 0.717) is 5.69 Å². The van der Waals surface area contributed by atoms with Crippen molar-refractivity contribution >= 4 is 34.8 Å². The van der Waals surface area contributed by atoms with E-state index in [4.69, 9.17) is 28.9 Å². The molecule has 0 saturated carbocycles. The summed E-state index contributed by atoms with van der Waals surface area (Å²) in [6.07, 6.45) is 1.60. The summed E-state index contributed by atoms with van der Waals surface area (Å²) in [5, 5.41) is 9.62. The first kappa shape index (κ1) is 17.1. The van der Waals surface area contributed by atoms with E-state index in [-0.39, 0.29) is 40.7 Å². The average molecular weight is 319 g/mol. The van der Waals surface area contributed by atoms with Gasteiger partial charge in [-0.1, -0.05) is 37.0 Å². The molecule has 1 rings (SSSR count). The van der Waals surface area contributed by atoms with Gasteiger partial charge in [0.2, 0.25) is 0 Å². The molecule has 1 amide bonds. The van der Waals surface area contributed by atoms with Gasteiger partial charge in [0.25, 0.3) is 5.91 Å². The van der Waals surface area contributed by atoms with Crippen molar-refractivity contribution in [3.63, 3.8) is 0 Å². The zero-order chi connectivity index (χ0) is 15.3. The van der Waals surface area contributed by atoms with Crippen LogP contribution in [0.25, 0.3) is 0 Å². The smallest absolute Gasteiger partial charge is 0.255 e. The van der Waals surface area contributed by atoms with E-state index in [9.17, 15) is 9.90 Å². The van der Waals surface area contributed by atoms with Gasteiger partial charge in [-0.05, 0) is 25.0 Å². The first-order valence-corrected chi connectivity index (χ1v) is 7.38. The number of carbonyl (C=O) groups is 1. The third-order valence-electron chi connectivity index (χ3n) is 3.27. The van der Waals surface area contributed by atoms with Crippen LogP contribution in [-0.2, 0) is 0 Å². The summed E-state index contributed by atoms with van der Waals surface area (Å²) in [7, 11) is 0. The second-order valence-corrected chi connectivity index (χ2v) is 5.34. The second-order valence-electron chi connectivity index (χ2n) is 4.56. The molecule has 0 aliphatic rings. The first-order valence-electron chi connectivity index (χ1n) is 6.62. The minimum atomic E-state index is -0.257. The molecule has 0 bridgehead atoms. The minimum absolute atomic E-state index is 0.0472. The molecular weight excluding hydrogens is 299 g/mol. The quantitative estimate of drug-likeness (QED) is 0.791. The minimum Gasteiger partial charge on any atom is -0.399 e. The maximum Gasteiger partial charge on any atom is 0.255 e. The van der Waals surface area contributed by atoms with Crippen molar-refractivity contribution in [2.45, 2.75) is 32.7 Å². The van der Waals surface area contributed by atoms with Crippen LogP contribution in [0.3, 0.4) is 0 Å². The zero-order valence-corrected chi connectivity index (χ0v) is 13.2. The van der Waals surface area contributed by atoms with Gasteiger partial charge in [0.1, 0.15) is 0 Å².